The molecule has 0 aromatic heterocycles. The number of hydrogen-bond acceptors (Lipinski definition) is 2. The lowest BCUT2D eigenvalue weighted by molar-refractivity contribution is -0.927. The van der Waals surface area contributed by atoms with Crippen molar-refractivity contribution in [3.05, 3.63) is 29.6 Å². The highest BCUT2D eigenvalue weighted by Crippen LogP contribution is 2.20. The summed E-state index contributed by atoms with van der Waals surface area (Å²) in [6, 6.07) is 4.63. The van der Waals surface area contributed by atoms with Crippen LogP contribution < -0.4 is 4.72 Å². The van der Waals surface area contributed by atoms with E-state index in [1.807, 2.05) is 0 Å². The summed E-state index contributed by atoms with van der Waals surface area (Å²) in [5.74, 6) is -0.345. The number of nitrogens with one attached hydrogen (secondary N) is 1. The first kappa shape index (κ1) is 28.9. The Morgan fingerprint density at radius 2 is 1.44 bits per heavy atom. The second-order valence-corrected chi connectivity index (χ2v) is 11.1. The molecule has 1 aromatic carbocycles. The minimum Gasteiger partial charge on any atom is -0.324 e. The number of benzene rings is 1. The Balaban J connectivity index is 2.64. The predicted molar refractivity (Wildman–Crippen MR) is 135 cm³/mol. The van der Waals surface area contributed by atoms with E-state index in [1.54, 1.807) is 12.1 Å². The first-order valence-electron chi connectivity index (χ1n) is 12.5. The van der Waals surface area contributed by atoms with E-state index in [0.29, 0.717) is 12.0 Å². The molecule has 1 N–H and O–H groups in total. The van der Waals surface area contributed by atoms with E-state index in [2.05, 4.69) is 25.5 Å². The molecule has 0 spiro atoms. The molecule has 0 saturated heterocycles. The Labute approximate surface area is 197 Å². The molecule has 1 rings (SSSR count). The molecule has 0 bridgehead atoms. The van der Waals surface area contributed by atoms with Crippen molar-refractivity contribution in [2.45, 2.75) is 85.0 Å². The maximum atomic E-state index is 14.5. The zero-order valence-electron chi connectivity index (χ0n) is 21.1. The van der Waals surface area contributed by atoms with Gasteiger partial charge in [-0.2, -0.15) is 12.7 Å². The minimum atomic E-state index is -3.63. The average molecular weight is 473 g/mol. The number of anilines is 1. The molecule has 0 aliphatic heterocycles. The molecule has 0 heterocycles. The van der Waals surface area contributed by atoms with Crippen molar-refractivity contribution in [3.8, 4) is 0 Å². The third-order valence-electron chi connectivity index (χ3n) is 6.50. The molecule has 7 heteroatoms. The molecule has 0 aliphatic carbocycles. The van der Waals surface area contributed by atoms with Crippen molar-refractivity contribution in [1.82, 2.24) is 4.31 Å². The number of hydrogen-bond donors (Lipinski definition) is 1. The zero-order valence-corrected chi connectivity index (χ0v) is 21.9. The summed E-state index contributed by atoms with van der Waals surface area (Å²) < 4.78 is 43.0. The van der Waals surface area contributed by atoms with E-state index < -0.39 is 10.2 Å². The van der Waals surface area contributed by atoms with Crippen LogP contribution in [-0.2, 0) is 16.6 Å². The van der Waals surface area contributed by atoms with Crippen molar-refractivity contribution in [2.75, 3.05) is 45.0 Å². The summed E-state index contributed by atoms with van der Waals surface area (Å²) >= 11 is 0. The largest absolute Gasteiger partial charge is 0.324 e. The first-order valence-corrected chi connectivity index (χ1v) is 14.0. The molecule has 186 valence electrons. The quantitative estimate of drug-likeness (QED) is 0.211. The molecule has 0 radical (unpaired) electrons. The van der Waals surface area contributed by atoms with Gasteiger partial charge in [-0.25, -0.2) is 4.39 Å². The maximum Gasteiger partial charge on any atom is 0.301 e. The van der Waals surface area contributed by atoms with Gasteiger partial charge in [0, 0.05) is 14.1 Å². The van der Waals surface area contributed by atoms with Gasteiger partial charge in [0.25, 0.3) is 0 Å². The van der Waals surface area contributed by atoms with Crippen molar-refractivity contribution < 1.29 is 17.3 Å². The van der Waals surface area contributed by atoms with Gasteiger partial charge in [-0.1, -0.05) is 39.2 Å². The topological polar surface area (TPSA) is 49.4 Å². The smallest absolute Gasteiger partial charge is 0.301 e. The Hall–Kier alpha value is -1.18. The van der Waals surface area contributed by atoms with Crippen molar-refractivity contribution in [2.24, 2.45) is 0 Å². The standard InChI is InChI=1S/C25H47FN3O2S/c1-6-9-11-14-20-29(8-3,19-13-10-7-2)21-15-12-16-23-17-18-24(22-25(23)26)27-32(30,31)28(4)5/h17-18,22,27H,6-16,19-21H2,1-5H3/q+1. The molecule has 1 unspecified atom stereocenters. The van der Waals surface area contributed by atoms with Crippen LogP contribution in [0.2, 0.25) is 0 Å². The number of unbranched alkanes of at least 4 members (excludes halogenated alkanes) is 6. The van der Waals surface area contributed by atoms with E-state index in [-0.39, 0.29) is 11.5 Å². The maximum absolute atomic E-state index is 14.5. The molecular weight excluding hydrogens is 425 g/mol. The second-order valence-electron chi connectivity index (χ2n) is 9.25. The zero-order chi connectivity index (χ0) is 24.0. The molecule has 1 aromatic rings. The van der Waals surface area contributed by atoms with Gasteiger partial charge >= 0.3 is 10.2 Å². The average Bonchev–Trinajstić information content (AvgIpc) is 2.74. The summed E-state index contributed by atoms with van der Waals surface area (Å²) in [4.78, 5) is 0. The van der Waals surface area contributed by atoms with Crippen LogP contribution in [0.1, 0.15) is 84.1 Å². The number of halogens is 1. The van der Waals surface area contributed by atoms with E-state index >= 15 is 0 Å². The van der Waals surface area contributed by atoms with Crippen LogP contribution in [0.25, 0.3) is 0 Å². The minimum absolute atomic E-state index is 0.254. The van der Waals surface area contributed by atoms with Gasteiger partial charge in [0.1, 0.15) is 5.82 Å². The molecule has 0 fully saturated rings. The Morgan fingerprint density at radius 3 is 1.97 bits per heavy atom. The van der Waals surface area contributed by atoms with Gasteiger partial charge in [-0.3, -0.25) is 4.72 Å². The fraction of sp³-hybridized carbons (Fsp3) is 0.760. The van der Waals surface area contributed by atoms with E-state index in [4.69, 9.17) is 0 Å². The van der Waals surface area contributed by atoms with Crippen molar-refractivity contribution in [1.29, 1.82) is 0 Å². The highest BCUT2D eigenvalue weighted by atomic mass is 32.2. The first-order chi connectivity index (χ1) is 15.2. The van der Waals surface area contributed by atoms with Crippen molar-refractivity contribution in [3.63, 3.8) is 0 Å². The van der Waals surface area contributed by atoms with Gasteiger partial charge < -0.3 is 4.48 Å². The number of nitrogens with zero attached hydrogens (tertiary/aromatic N) is 2. The number of rotatable bonds is 18. The van der Waals surface area contributed by atoms with Crippen LogP contribution in [0.4, 0.5) is 10.1 Å². The Morgan fingerprint density at radius 1 is 0.875 bits per heavy atom. The Kier molecular flexibility index (Phi) is 13.4. The summed E-state index contributed by atoms with van der Waals surface area (Å²) in [6.07, 6.45) is 11.8. The molecular formula is C25H47FN3O2S+. The molecule has 5 nitrogen and oxygen atoms in total. The number of aryl methyl sites for hydroxylation is 1. The molecule has 0 amide bonds. The lowest BCUT2D eigenvalue weighted by atomic mass is 10.1. The van der Waals surface area contributed by atoms with E-state index in [1.165, 1.54) is 89.2 Å². The monoisotopic (exact) mass is 472 g/mol. The van der Waals surface area contributed by atoms with Crippen LogP contribution in [0.3, 0.4) is 0 Å². The SMILES string of the molecule is CCCCCC[N+](CC)(CCCCC)CCCCc1ccc(NS(=O)(=O)N(C)C)cc1F. The van der Waals surface area contributed by atoms with Gasteiger partial charge in [0.15, 0.2) is 0 Å². The van der Waals surface area contributed by atoms with Crippen LogP contribution in [0, 0.1) is 5.82 Å². The normalized spacial score (nSPS) is 14.0. The third-order valence-corrected chi connectivity index (χ3v) is 7.96. The van der Waals surface area contributed by atoms with E-state index in [9.17, 15) is 12.8 Å². The van der Waals surface area contributed by atoms with Crippen LogP contribution in [0.15, 0.2) is 18.2 Å². The summed E-state index contributed by atoms with van der Waals surface area (Å²) in [6.45, 7) is 11.7. The fourth-order valence-electron chi connectivity index (χ4n) is 4.20. The van der Waals surface area contributed by atoms with Gasteiger partial charge in [-0.05, 0) is 69.6 Å². The summed E-state index contributed by atoms with van der Waals surface area (Å²) in [5.41, 5.74) is 0.908. The summed E-state index contributed by atoms with van der Waals surface area (Å²) in [7, 11) is -0.751. The molecule has 0 saturated carbocycles. The lowest BCUT2D eigenvalue weighted by Gasteiger charge is -2.38. The Bertz CT molecular complexity index is 756. The van der Waals surface area contributed by atoms with Gasteiger partial charge in [-0.15, -0.1) is 0 Å². The lowest BCUT2D eigenvalue weighted by Crippen LogP contribution is -2.50. The van der Waals surface area contributed by atoms with E-state index in [0.717, 1.165) is 23.7 Å². The van der Waals surface area contributed by atoms with Crippen LogP contribution in [-0.4, -0.2) is 57.5 Å². The van der Waals surface area contributed by atoms with Gasteiger partial charge in [0.05, 0.1) is 31.9 Å². The van der Waals surface area contributed by atoms with Gasteiger partial charge in [0.2, 0.25) is 0 Å². The highest BCUT2D eigenvalue weighted by molar-refractivity contribution is 7.90. The van der Waals surface area contributed by atoms with Crippen LogP contribution >= 0.6 is 0 Å². The molecule has 32 heavy (non-hydrogen) atoms. The second kappa shape index (κ2) is 14.9. The van der Waals surface area contributed by atoms with Crippen LogP contribution in [0.5, 0.6) is 0 Å². The predicted octanol–water partition coefficient (Wildman–Crippen LogP) is 5.97. The molecule has 1 atom stereocenters. The highest BCUT2D eigenvalue weighted by Gasteiger charge is 2.24. The molecule has 0 aliphatic rings. The number of quaternary nitrogens is 1. The third kappa shape index (κ3) is 10.2. The summed E-state index contributed by atoms with van der Waals surface area (Å²) in [5, 5.41) is 0. The van der Waals surface area contributed by atoms with Crippen molar-refractivity contribution >= 4 is 15.9 Å². The fourth-order valence-corrected chi connectivity index (χ4v) is 4.80.